The Bertz CT molecular complexity index is 468. The second kappa shape index (κ2) is 6.61. The average molecular weight is 278 g/mol. The topological polar surface area (TPSA) is 72.8 Å². The predicted molar refractivity (Wildman–Crippen MR) is 76.9 cm³/mol. The van der Waals surface area contributed by atoms with Gasteiger partial charge in [-0.3, -0.25) is 4.79 Å². The second-order valence-corrected chi connectivity index (χ2v) is 5.49. The predicted octanol–water partition coefficient (Wildman–Crippen LogP) is 1.56. The van der Waals surface area contributed by atoms with E-state index in [1.807, 2.05) is 0 Å². The van der Waals surface area contributed by atoms with E-state index in [1.165, 1.54) is 31.0 Å². The maximum Gasteiger partial charge on any atom is 0.255 e. The first-order valence-corrected chi connectivity index (χ1v) is 7.05. The minimum atomic E-state index is -0.341. The molecule has 3 N–H and O–H groups in total. The van der Waals surface area contributed by atoms with Crippen molar-refractivity contribution in [1.82, 2.24) is 10.2 Å². The van der Waals surface area contributed by atoms with Crippen molar-refractivity contribution in [2.75, 3.05) is 26.7 Å². The number of likely N-dealkylation sites (tertiary alicyclic amines) is 1. The van der Waals surface area contributed by atoms with Crippen LogP contribution in [0.15, 0.2) is 18.2 Å². The van der Waals surface area contributed by atoms with Crippen LogP contribution in [0.25, 0.3) is 0 Å². The second-order valence-electron chi connectivity index (χ2n) is 5.49. The molecule has 20 heavy (non-hydrogen) atoms. The minimum Gasteiger partial charge on any atom is -0.508 e. The maximum absolute atomic E-state index is 11.9. The van der Waals surface area contributed by atoms with Gasteiger partial charge in [0.15, 0.2) is 0 Å². The summed E-state index contributed by atoms with van der Waals surface area (Å²) in [5, 5.41) is 21.8. The number of piperidine rings is 1. The van der Waals surface area contributed by atoms with E-state index in [9.17, 15) is 15.0 Å². The van der Waals surface area contributed by atoms with E-state index in [0.717, 1.165) is 19.5 Å². The van der Waals surface area contributed by atoms with Gasteiger partial charge in [-0.15, -0.1) is 0 Å². The monoisotopic (exact) mass is 278 g/mol. The Morgan fingerprint density at radius 1 is 1.35 bits per heavy atom. The SMILES string of the molecule is CN1CCC(CCNC(=O)c2cc(O)ccc2O)CC1. The molecule has 110 valence electrons. The smallest absolute Gasteiger partial charge is 0.255 e. The molecular weight excluding hydrogens is 256 g/mol. The molecule has 0 unspecified atom stereocenters. The van der Waals surface area contributed by atoms with Gasteiger partial charge in [-0.1, -0.05) is 0 Å². The number of aromatic hydroxyl groups is 2. The molecule has 1 aromatic carbocycles. The van der Waals surface area contributed by atoms with Gasteiger partial charge in [0.05, 0.1) is 5.56 Å². The standard InChI is InChI=1S/C15H22N2O3/c1-17-8-5-11(6-9-17)4-7-16-15(20)13-10-12(18)2-3-14(13)19/h2-3,10-11,18-19H,4-9H2,1H3,(H,16,20). The van der Waals surface area contributed by atoms with Crippen LogP contribution in [0.1, 0.15) is 29.6 Å². The Morgan fingerprint density at radius 2 is 2.05 bits per heavy atom. The normalized spacial score (nSPS) is 17.1. The Labute approximate surface area is 119 Å². The highest BCUT2D eigenvalue weighted by Crippen LogP contribution is 2.22. The number of nitrogens with one attached hydrogen (secondary N) is 1. The average Bonchev–Trinajstić information content (AvgIpc) is 2.43. The van der Waals surface area contributed by atoms with Gasteiger partial charge >= 0.3 is 0 Å². The Kier molecular flexibility index (Phi) is 4.84. The first kappa shape index (κ1) is 14.7. The molecule has 0 spiro atoms. The van der Waals surface area contributed by atoms with E-state index in [0.29, 0.717) is 12.5 Å². The molecule has 1 heterocycles. The molecule has 0 radical (unpaired) electrons. The molecule has 0 aromatic heterocycles. The van der Waals surface area contributed by atoms with Gasteiger partial charge in [0.2, 0.25) is 0 Å². The van der Waals surface area contributed by atoms with Crippen LogP contribution in [0, 0.1) is 5.92 Å². The van der Waals surface area contributed by atoms with Crippen molar-refractivity contribution in [3.05, 3.63) is 23.8 Å². The number of phenols is 2. The quantitative estimate of drug-likeness (QED) is 0.731. The van der Waals surface area contributed by atoms with E-state index in [1.54, 1.807) is 0 Å². The third-order valence-electron chi connectivity index (χ3n) is 3.90. The Hall–Kier alpha value is -1.75. The number of benzene rings is 1. The molecule has 1 fully saturated rings. The lowest BCUT2D eigenvalue weighted by atomic mass is 9.94. The summed E-state index contributed by atoms with van der Waals surface area (Å²) in [6.07, 6.45) is 3.30. The molecule has 0 atom stereocenters. The van der Waals surface area contributed by atoms with Crippen LogP contribution in [0.3, 0.4) is 0 Å². The maximum atomic E-state index is 11.9. The van der Waals surface area contributed by atoms with Crippen molar-refractivity contribution in [3.63, 3.8) is 0 Å². The first-order valence-electron chi connectivity index (χ1n) is 7.05. The number of hydrogen-bond acceptors (Lipinski definition) is 4. The van der Waals surface area contributed by atoms with Crippen molar-refractivity contribution < 1.29 is 15.0 Å². The van der Waals surface area contributed by atoms with Crippen LogP contribution >= 0.6 is 0 Å². The van der Waals surface area contributed by atoms with E-state index in [4.69, 9.17) is 0 Å². The fourth-order valence-corrected chi connectivity index (χ4v) is 2.54. The number of carbonyl (C=O) groups is 1. The largest absolute Gasteiger partial charge is 0.508 e. The molecule has 5 nitrogen and oxygen atoms in total. The van der Waals surface area contributed by atoms with Gasteiger partial charge in [-0.2, -0.15) is 0 Å². The van der Waals surface area contributed by atoms with Crippen LogP contribution in [-0.2, 0) is 0 Å². The number of carbonyl (C=O) groups excluding carboxylic acids is 1. The molecular formula is C15H22N2O3. The van der Waals surface area contributed by atoms with Gasteiger partial charge in [0.25, 0.3) is 5.91 Å². The van der Waals surface area contributed by atoms with Gasteiger partial charge in [0, 0.05) is 6.54 Å². The lowest BCUT2D eigenvalue weighted by Gasteiger charge is -2.28. The number of nitrogens with zero attached hydrogens (tertiary/aromatic N) is 1. The summed E-state index contributed by atoms with van der Waals surface area (Å²) < 4.78 is 0. The van der Waals surface area contributed by atoms with E-state index in [-0.39, 0.29) is 23.0 Å². The first-order chi connectivity index (χ1) is 9.56. The van der Waals surface area contributed by atoms with E-state index < -0.39 is 0 Å². The molecule has 1 aliphatic heterocycles. The third-order valence-corrected chi connectivity index (χ3v) is 3.90. The number of hydrogen-bond donors (Lipinski definition) is 3. The van der Waals surface area contributed by atoms with Crippen molar-refractivity contribution >= 4 is 5.91 Å². The van der Waals surface area contributed by atoms with Crippen molar-refractivity contribution in [2.45, 2.75) is 19.3 Å². The lowest BCUT2D eigenvalue weighted by Crippen LogP contribution is -2.32. The fraction of sp³-hybridized carbons (Fsp3) is 0.533. The molecule has 5 heteroatoms. The fourth-order valence-electron chi connectivity index (χ4n) is 2.54. The van der Waals surface area contributed by atoms with Crippen molar-refractivity contribution in [2.24, 2.45) is 5.92 Å². The molecule has 0 saturated carbocycles. The van der Waals surface area contributed by atoms with E-state index in [2.05, 4.69) is 17.3 Å². The molecule has 1 saturated heterocycles. The summed E-state index contributed by atoms with van der Waals surface area (Å²) in [4.78, 5) is 14.2. The van der Waals surface area contributed by atoms with Crippen LogP contribution < -0.4 is 5.32 Å². The summed E-state index contributed by atoms with van der Waals surface area (Å²) in [6.45, 7) is 2.83. The van der Waals surface area contributed by atoms with Crippen LogP contribution in [-0.4, -0.2) is 47.7 Å². The highest BCUT2D eigenvalue weighted by atomic mass is 16.3. The van der Waals surface area contributed by atoms with Crippen LogP contribution in [0.2, 0.25) is 0 Å². The zero-order valence-electron chi connectivity index (χ0n) is 11.8. The number of amides is 1. The summed E-state index contributed by atoms with van der Waals surface area (Å²) in [6, 6.07) is 3.95. The highest BCUT2D eigenvalue weighted by molar-refractivity contribution is 5.97. The minimum absolute atomic E-state index is 0.0248. The molecule has 2 rings (SSSR count). The third kappa shape index (κ3) is 3.87. The molecule has 1 amide bonds. The summed E-state index contributed by atoms with van der Waals surface area (Å²) in [5.41, 5.74) is 0.119. The van der Waals surface area contributed by atoms with Crippen LogP contribution in [0.4, 0.5) is 0 Å². The zero-order chi connectivity index (χ0) is 14.5. The van der Waals surface area contributed by atoms with Gasteiger partial charge < -0.3 is 20.4 Å². The van der Waals surface area contributed by atoms with Crippen molar-refractivity contribution in [3.8, 4) is 11.5 Å². The summed E-state index contributed by atoms with van der Waals surface area (Å²) in [5.74, 6) is 0.179. The molecule has 1 aliphatic rings. The molecule has 0 aliphatic carbocycles. The number of phenolic OH excluding ortho intramolecular Hbond substituents is 2. The Morgan fingerprint density at radius 3 is 2.75 bits per heavy atom. The zero-order valence-corrected chi connectivity index (χ0v) is 11.8. The molecule has 0 bridgehead atoms. The summed E-state index contributed by atoms with van der Waals surface area (Å²) in [7, 11) is 2.13. The molecule has 1 aromatic rings. The summed E-state index contributed by atoms with van der Waals surface area (Å²) >= 11 is 0. The van der Waals surface area contributed by atoms with Gasteiger partial charge in [-0.05, 0) is 63.5 Å². The van der Waals surface area contributed by atoms with Crippen molar-refractivity contribution in [1.29, 1.82) is 0 Å². The number of rotatable bonds is 4. The van der Waals surface area contributed by atoms with Gasteiger partial charge in [-0.25, -0.2) is 0 Å². The lowest BCUT2D eigenvalue weighted by molar-refractivity contribution is 0.0946. The van der Waals surface area contributed by atoms with E-state index >= 15 is 0 Å². The Balaban J connectivity index is 1.79. The highest BCUT2D eigenvalue weighted by Gasteiger charge is 2.17. The van der Waals surface area contributed by atoms with Crippen LogP contribution in [0.5, 0.6) is 11.5 Å². The van der Waals surface area contributed by atoms with Gasteiger partial charge in [0.1, 0.15) is 11.5 Å².